The summed E-state index contributed by atoms with van der Waals surface area (Å²) in [5.41, 5.74) is 0.964. The molecule has 0 aliphatic carbocycles. The average molecular weight is 334 g/mol. The quantitative estimate of drug-likeness (QED) is 0.755. The third-order valence-electron chi connectivity index (χ3n) is 3.90. The average Bonchev–Trinajstić information content (AvgIpc) is 3.16. The van der Waals surface area contributed by atoms with Gasteiger partial charge in [0.05, 0.1) is 18.6 Å². The van der Waals surface area contributed by atoms with E-state index in [1.807, 2.05) is 22.9 Å². The normalized spacial score (nSPS) is 16.4. The summed E-state index contributed by atoms with van der Waals surface area (Å²) in [4.78, 5) is 23.5. The van der Waals surface area contributed by atoms with Crippen LogP contribution in [0.5, 0.6) is 0 Å². The third kappa shape index (κ3) is 2.61. The van der Waals surface area contributed by atoms with Gasteiger partial charge in [0.25, 0.3) is 5.56 Å². The molecule has 1 fully saturated rings. The number of morpholine rings is 1. The lowest BCUT2D eigenvalue weighted by Crippen LogP contribution is -3.12. The minimum atomic E-state index is -0.0303. The summed E-state index contributed by atoms with van der Waals surface area (Å²) in [6, 6.07) is 4.04. The summed E-state index contributed by atoms with van der Waals surface area (Å²) >= 11 is 3.19. The Labute approximate surface area is 135 Å². The second-order valence-corrected chi connectivity index (χ2v) is 7.16. The first-order valence-corrected chi connectivity index (χ1v) is 9.03. The van der Waals surface area contributed by atoms with E-state index in [-0.39, 0.29) is 5.56 Å². The number of thiophene rings is 2. The van der Waals surface area contributed by atoms with Gasteiger partial charge in [-0.05, 0) is 11.4 Å². The number of hydrogen-bond donors (Lipinski definition) is 2. The van der Waals surface area contributed by atoms with Gasteiger partial charge in [-0.2, -0.15) is 0 Å². The number of aromatic nitrogens is 2. The van der Waals surface area contributed by atoms with Gasteiger partial charge < -0.3 is 14.6 Å². The molecule has 1 aliphatic heterocycles. The molecule has 5 nitrogen and oxygen atoms in total. The van der Waals surface area contributed by atoms with E-state index in [9.17, 15) is 4.79 Å². The summed E-state index contributed by atoms with van der Waals surface area (Å²) < 4.78 is 5.37. The molecule has 0 aromatic carbocycles. The smallest absolute Gasteiger partial charge is 0.260 e. The van der Waals surface area contributed by atoms with Crippen LogP contribution < -0.4 is 10.5 Å². The van der Waals surface area contributed by atoms with Crippen molar-refractivity contribution in [1.82, 2.24) is 9.97 Å². The Morgan fingerprint density at radius 3 is 2.95 bits per heavy atom. The highest BCUT2D eigenvalue weighted by atomic mass is 32.1. The highest BCUT2D eigenvalue weighted by Crippen LogP contribution is 2.33. The third-order valence-corrected chi connectivity index (χ3v) is 5.67. The molecule has 0 unspecified atom stereocenters. The molecule has 1 aliphatic rings. The van der Waals surface area contributed by atoms with E-state index in [0.29, 0.717) is 5.39 Å². The molecule has 0 radical (unpaired) electrons. The Balaban J connectivity index is 1.70. The minimum absolute atomic E-state index is 0.0303. The van der Waals surface area contributed by atoms with E-state index < -0.39 is 0 Å². The maximum atomic E-state index is 12.5. The molecule has 3 aromatic heterocycles. The number of hydrogen-bond acceptors (Lipinski definition) is 5. The molecule has 7 heteroatoms. The Kier molecular flexibility index (Phi) is 3.79. The van der Waals surface area contributed by atoms with Crippen LogP contribution in [-0.4, -0.2) is 36.3 Å². The van der Waals surface area contributed by atoms with Crippen molar-refractivity contribution < 1.29 is 9.64 Å². The van der Waals surface area contributed by atoms with Crippen LogP contribution in [0.3, 0.4) is 0 Å². The zero-order valence-corrected chi connectivity index (χ0v) is 13.6. The van der Waals surface area contributed by atoms with Crippen molar-refractivity contribution in [2.45, 2.75) is 6.54 Å². The Morgan fingerprint density at radius 1 is 1.32 bits per heavy atom. The fourth-order valence-electron chi connectivity index (χ4n) is 2.76. The molecule has 3 aromatic rings. The van der Waals surface area contributed by atoms with E-state index in [2.05, 4.69) is 9.97 Å². The molecule has 0 spiro atoms. The molecule has 0 saturated carbocycles. The van der Waals surface area contributed by atoms with Crippen molar-refractivity contribution >= 4 is 32.9 Å². The van der Waals surface area contributed by atoms with Crippen molar-refractivity contribution in [3.63, 3.8) is 0 Å². The Morgan fingerprint density at radius 2 is 2.18 bits per heavy atom. The second-order valence-electron chi connectivity index (χ2n) is 5.36. The zero-order valence-electron chi connectivity index (χ0n) is 11.9. The van der Waals surface area contributed by atoms with Gasteiger partial charge in [0.1, 0.15) is 24.5 Å². The van der Waals surface area contributed by atoms with Crippen LogP contribution in [0, 0.1) is 0 Å². The van der Waals surface area contributed by atoms with Crippen LogP contribution >= 0.6 is 22.7 Å². The largest absolute Gasteiger partial charge is 0.370 e. The Bertz CT molecular complexity index is 832. The van der Waals surface area contributed by atoms with E-state index in [1.54, 1.807) is 22.7 Å². The van der Waals surface area contributed by atoms with Gasteiger partial charge in [0.15, 0.2) is 5.82 Å². The van der Waals surface area contributed by atoms with Crippen LogP contribution in [0.2, 0.25) is 0 Å². The number of fused-ring (bicyclic) bond motifs is 1. The van der Waals surface area contributed by atoms with Gasteiger partial charge in [-0.15, -0.1) is 22.7 Å². The minimum Gasteiger partial charge on any atom is -0.370 e. The fourth-order valence-corrected chi connectivity index (χ4v) is 4.55. The lowest BCUT2D eigenvalue weighted by Gasteiger charge is -2.23. The van der Waals surface area contributed by atoms with Gasteiger partial charge in [0.2, 0.25) is 0 Å². The maximum absolute atomic E-state index is 12.5. The molecular weight excluding hydrogens is 318 g/mol. The van der Waals surface area contributed by atoms with Gasteiger partial charge >= 0.3 is 0 Å². The molecule has 1 saturated heterocycles. The highest BCUT2D eigenvalue weighted by molar-refractivity contribution is 7.18. The molecule has 4 heterocycles. The van der Waals surface area contributed by atoms with Crippen molar-refractivity contribution in [1.29, 1.82) is 0 Å². The molecular formula is C15H16N3O2S2+. The summed E-state index contributed by atoms with van der Waals surface area (Å²) in [7, 11) is 0. The molecule has 114 valence electrons. The summed E-state index contributed by atoms with van der Waals surface area (Å²) in [6.07, 6.45) is 0. The molecule has 2 N–H and O–H groups in total. The zero-order chi connectivity index (χ0) is 14.9. The summed E-state index contributed by atoms with van der Waals surface area (Å²) in [6.45, 7) is 4.24. The summed E-state index contributed by atoms with van der Waals surface area (Å²) in [5, 5.41) is 4.77. The van der Waals surface area contributed by atoms with Crippen molar-refractivity contribution in [3.8, 4) is 10.4 Å². The van der Waals surface area contributed by atoms with Crippen LogP contribution in [0.4, 0.5) is 0 Å². The van der Waals surface area contributed by atoms with Crippen LogP contribution in [0.1, 0.15) is 5.82 Å². The summed E-state index contributed by atoms with van der Waals surface area (Å²) in [5.74, 6) is 0.772. The van der Waals surface area contributed by atoms with Crippen molar-refractivity contribution in [2.75, 3.05) is 26.3 Å². The molecule has 0 bridgehead atoms. The number of nitrogens with one attached hydrogen (secondary N) is 2. The number of rotatable bonds is 3. The predicted octanol–water partition coefficient (Wildman–Crippen LogP) is 1.13. The predicted molar refractivity (Wildman–Crippen MR) is 88.8 cm³/mol. The molecule has 22 heavy (non-hydrogen) atoms. The second kappa shape index (κ2) is 5.92. The molecule has 4 rings (SSSR count). The SMILES string of the molecule is O=c1[nH]c(C[NH+]2CCOCC2)nc2scc(-c3cccs3)c12. The van der Waals surface area contributed by atoms with E-state index in [4.69, 9.17) is 4.74 Å². The monoisotopic (exact) mass is 334 g/mol. The first kappa shape index (κ1) is 14.1. The number of H-pyrrole nitrogens is 1. The van der Waals surface area contributed by atoms with Crippen LogP contribution in [-0.2, 0) is 11.3 Å². The number of ether oxygens (including phenoxy) is 1. The standard InChI is InChI=1S/C15H15N3O2S2/c19-14-13-10(11-2-1-7-21-11)9-22-15(13)17-12(16-14)8-18-3-5-20-6-4-18/h1-2,7,9H,3-6,8H2,(H,16,17,19)/p+1. The number of aromatic amines is 1. The fraction of sp³-hybridized carbons (Fsp3) is 0.333. The Hall–Kier alpha value is -1.54. The van der Waals surface area contributed by atoms with Gasteiger partial charge in [0, 0.05) is 15.8 Å². The first-order chi connectivity index (χ1) is 10.8. The van der Waals surface area contributed by atoms with Crippen LogP contribution in [0.25, 0.3) is 20.7 Å². The maximum Gasteiger partial charge on any atom is 0.260 e. The number of nitrogens with zero attached hydrogens (tertiary/aromatic N) is 1. The lowest BCUT2D eigenvalue weighted by atomic mass is 10.2. The van der Waals surface area contributed by atoms with Gasteiger partial charge in [-0.25, -0.2) is 4.98 Å². The van der Waals surface area contributed by atoms with Gasteiger partial charge in [-0.1, -0.05) is 6.07 Å². The lowest BCUT2D eigenvalue weighted by molar-refractivity contribution is -0.922. The van der Waals surface area contributed by atoms with E-state index in [1.165, 1.54) is 4.90 Å². The van der Waals surface area contributed by atoms with E-state index in [0.717, 1.165) is 53.9 Å². The number of quaternary nitrogens is 1. The molecule has 0 atom stereocenters. The topological polar surface area (TPSA) is 59.4 Å². The van der Waals surface area contributed by atoms with E-state index >= 15 is 0 Å². The first-order valence-electron chi connectivity index (χ1n) is 7.27. The van der Waals surface area contributed by atoms with Crippen molar-refractivity contribution in [3.05, 3.63) is 39.1 Å². The molecule has 0 amide bonds. The van der Waals surface area contributed by atoms with Crippen LogP contribution in [0.15, 0.2) is 27.7 Å². The highest BCUT2D eigenvalue weighted by Gasteiger charge is 2.18. The van der Waals surface area contributed by atoms with Crippen molar-refractivity contribution in [2.24, 2.45) is 0 Å². The van der Waals surface area contributed by atoms with Gasteiger partial charge in [-0.3, -0.25) is 4.79 Å².